The minimum Gasteiger partial charge on any atom is -0.466 e. The monoisotopic (exact) mass is 280 g/mol. The maximum Gasteiger partial charge on any atom is 0.333 e. The molecule has 4 heteroatoms. The highest BCUT2D eigenvalue weighted by Crippen LogP contribution is 2.60. The van der Waals surface area contributed by atoms with Gasteiger partial charge in [-0.15, -0.1) is 0 Å². The van der Waals surface area contributed by atoms with Crippen LogP contribution in [0.1, 0.15) is 52.9 Å². The molecular formula is C16H24O4. The van der Waals surface area contributed by atoms with Crippen LogP contribution >= 0.6 is 0 Å². The fraction of sp³-hybridized carbons (Fsp3) is 0.750. The Morgan fingerprint density at radius 3 is 2.80 bits per heavy atom. The van der Waals surface area contributed by atoms with Crippen molar-refractivity contribution in [3.63, 3.8) is 0 Å². The van der Waals surface area contributed by atoms with Gasteiger partial charge in [0, 0.05) is 11.0 Å². The van der Waals surface area contributed by atoms with Crippen LogP contribution in [0.25, 0.3) is 0 Å². The fourth-order valence-corrected chi connectivity index (χ4v) is 3.74. The number of rotatable bonds is 4. The molecule has 4 nitrogen and oxygen atoms in total. The average molecular weight is 280 g/mol. The lowest BCUT2D eigenvalue weighted by molar-refractivity contribution is -0.174. The highest BCUT2D eigenvalue weighted by Gasteiger charge is 2.59. The molecule has 1 aliphatic carbocycles. The summed E-state index contributed by atoms with van der Waals surface area (Å²) < 4.78 is 10.2. The van der Waals surface area contributed by atoms with Crippen molar-refractivity contribution in [2.45, 2.75) is 59.0 Å². The van der Waals surface area contributed by atoms with Crippen LogP contribution in [0.2, 0.25) is 0 Å². The van der Waals surface area contributed by atoms with Crippen molar-refractivity contribution in [3.8, 4) is 0 Å². The number of allylic oxidation sites excluding steroid dienone is 1. The van der Waals surface area contributed by atoms with Crippen molar-refractivity contribution in [1.29, 1.82) is 0 Å². The minimum atomic E-state index is -0.278. The van der Waals surface area contributed by atoms with E-state index in [0.29, 0.717) is 12.0 Å². The second kappa shape index (κ2) is 5.23. The van der Waals surface area contributed by atoms with E-state index in [-0.39, 0.29) is 28.9 Å². The smallest absolute Gasteiger partial charge is 0.333 e. The number of carbonyl (C=O) groups excluding carboxylic acids is 2. The van der Waals surface area contributed by atoms with Gasteiger partial charge in [0.15, 0.2) is 0 Å². The molecule has 0 amide bonds. The van der Waals surface area contributed by atoms with Crippen LogP contribution < -0.4 is 0 Å². The zero-order chi connectivity index (χ0) is 15.0. The molecule has 1 heterocycles. The number of ether oxygens (including phenoxy) is 2. The second-order valence-corrected chi connectivity index (χ2v) is 6.59. The molecule has 1 aliphatic heterocycles. The first kappa shape index (κ1) is 15.1. The minimum absolute atomic E-state index is 0.00775. The van der Waals surface area contributed by atoms with Gasteiger partial charge in [-0.2, -0.15) is 0 Å². The van der Waals surface area contributed by atoms with E-state index in [0.717, 1.165) is 25.7 Å². The molecular weight excluding hydrogens is 256 g/mol. The van der Waals surface area contributed by atoms with Crippen molar-refractivity contribution < 1.29 is 19.1 Å². The Hall–Kier alpha value is -1.32. The van der Waals surface area contributed by atoms with Gasteiger partial charge in [-0.25, -0.2) is 4.79 Å². The van der Waals surface area contributed by atoms with Crippen molar-refractivity contribution >= 4 is 11.9 Å². The molecule has 2 fully saturated rings. The van der Waals surface area contributed by atoms with Crippen molar-refractivity contribution in [2.24, 2.45) is 10.8 Å². The number of hydrogen-bond acceptors (Lipinski definition) is 4. The Morgan fingerprint density at radius 2 is 2.20 bits per heavy atom. The summed E-state index contributed by atoms with van der Waals surface area (Å²) in [5.74, 6) is -0.340. The molecule has 0 spiro atoms. The highest BCUT2D eigenvalue weighted by molar-refractivity contribution is 5.87. The number of hydrogen-bond donors (Lipinski definition) is 0. The second-order valence-electron chi connectivity index (χ2n) is 6.59. The van der Waals surface area contributed by atoms with Crippen LogP contribution in [-0.2, 0) is 19.1 Å². The Balaban J connectivity index is 2.05. The zero-order valence-corrected chi connectivity index (χ0v) is 12.8. The molecule has 2 aliphatic rings. The number of carbonyl (C=O) groups is 2. The summed E-state index contributed by atoms with van der Waals surface area (Å²) >= 11 is 0. The Morgan fingerprint density at radius 1 is 1.50 bits per heavy atom. The van der Waals surface area contributed by atoms with Gasteiger partial charge in [0.05, 0.1) is 13.5 Å². The number of fused-ring (bicyclic) bond motifs is 2. The molecule has 3 atom stereocenters. The fourth-order valence-electron chi connectivity index (χ4n) is 3.74. The van der Waals surface area contributed by atoms with E-state index < -0.39 is 0 Å². The molecule has 0 aromatic heterocycles. The van der Waals surface area contributed by atoms with Gasteiger partial charge in [0.2, 0.25) is 0 Å². The predicted molar refractivity (Wildman–Crippen MR) is 75.0 cm³/mol. The van der Waals surface area contributed by atoms with E-state index in [1.807, 2.05) is 6.08 Å². The molecule has 0 radical (unpaired) electrons. The average Bonchev–Trinajstić information content (AvgIpc) is 2.54. The third-order valence-electron chi connectivity index (χ3n) is 5.48. The SMILES string of the molecule is COC(=O)/C(C)=C/CC[C@]1(C)[C@@H]2CC[C@@]1(C)CC(=O)O2. The van der Waals surface area contributed by atoms with Gasteiger partial charge < -0.3 is 9.47 Å². The predicted octanol–water partition coefficient (Wildman–Crippen LogP) is 3.01. The summed E-state index contributed by atoms with van der Waals surface area (Å²) in [5.41, 5.74) is 0.676. The van der Waals surface area contributed by atoms with Gasteiger partial charge in [-0.3, -0.25) is 4.79 Å². The molecule has 0 N–H and O–H groups in total. The van der Waals surface area contributed by atoms with Crippen LogP contribution in [-0.4, -0.2) is 25.2 Å². The molecule has 20 heavy (non-hydrogen) atoms. The third kappa shape index (κ3) is 2.36. The standard InChI is InChI=1S/C16H24O4/c1-11(14(18)19-4)6-5-8-16(3)12-7-9-15(16,2)10-13(17)20-12/h6,12H,5,7-10H2,1-4H3/b11-6+/t12-,15-,16+/m0/s1. The Kier molecular flexibility index (Phi) is 3.94. The molecule has 112 valence electrons. The van der Waals surface area contributed by atoms with Crippen LogP contribution in [0.15, 0.2) is 11.6 Å². The molecule has 0 aromatic rings. The van der Waals surface area contributed by atoms with Gasteiger partial charge in [-0.05, 0) is 38.0 Å². The molecule has 2 rings (SSSR count). The van der Waals surface area contributed by atoms with Crippen LogP contribution in [0.3, 0.4) is 0 Å². The van der Waals surface area contributed by atoms with Crippen LogP contribution in [0.5, 0.6) is 0 Å². The number of esters is 2. The molecule has 0 unspecified atom stereocenters. The number of methoxy groups -OCH3 is 1. The Labute approximate surface area is 120 Å². The molecule has 1 saturated carbocycles. The van der Waals surface area contributed by atoms with Gasteiger partial charge >= 0.3 is 11.9 Å². The van der Waals surface area contributed by atoms with Crippen LogP contribution in [0.4, 0.5) is 0 Å². The lowest BCUT2D eigenvalue weighted by atomic mass is 9.62. The van der Waals surface area contributed by atoms with Gasteiger partial charge in [0.25, 0.3) is 0 Å². The lowest BCUT2D eigenvalue weighted by Crippen LogP contribution is -2.47. The largest absolute Gasteiger partial charge is 0.466 e. The van der Waals surface area contributed by atoms with E-state index in [9.17, 15) is 9.59 Å². The third-order valence-corrected chi connectivity index (χ3v) is 5.48. The normalized spacial score (nSPS) is 36.7. The first-order valence-electron chi connectivity index (χ1n) is 7.27. The summed E-state index contributed by atoms with van der Waals surface area (Å²) in [6.07, 6.45) is 6.20. The van der Waals surface area contributed by atoms with Crippen molar-refractivity contribution in [1.82, 2.24) is 0 Å². The van der Waals surface area contributed by atoms with Crippen LogP contribution in [0, 0.1) is 10.8 Å². The van der Waals surface area contributed by atoms with Crippen molar-refractivity contribution in [2.75, 3.05) is 7.11 Å². The highest BCUT2D eigenvalue weighted by atomic mass is 16.5. The zero-order valence-electron chi connectivity index (χ0n) is 12.8. The summed E-state index contributed by atoms with van der Waals surface area (Å²) in [5, 5.41) is 0. The lowest BCUT2D eigenvalue weighted by Gasteiger charge is -2.47. The maximum absolute atomic E-state index is 11.6. The molecule has 2 bridgehead atoms. The van der Waals surface area contributed by atoms with E-state index >= 15 is 0 Å². The first-order chi connectivity index (χ1) is 9.32. The van der Waals surface area contributed by atoms with E-state index in [4.69, 9.17) is 9.47 Å². The Bertz CT molecular complexity index is 453. The topological polar surface area (TPSA) is 52.6 Å². The van der Waals surface area contributed by atoms with Gasteiger partial charge in [-0.1, -0.05) is 19.9 Å². The maximum atomic E-state index is 11.6. The summed E-state index contributed by atoms with van der Waals surface area (Å²) in [6, 6.07) is 0. The molecule has 0 aromatic carbocycles. The van der Waals surface area contributed by atoms with E-state index in [2.05, 4.69) is 13.8 Å². The summed E-state index contributed by atoms with van der Waals surface area (Å²) in [7, 11) is 1.39. The van der Waals surface area contributed by atoms with Gasteiger partial charge in [0.1, 0.15) is 6.10 Å². The van der Waals surface area contributed by atoms with E-state index in [1.165, 1.54) is 7.11 Å². The summed E-state index contributed by atoms with van der Waals surface area (Å²) in [6.45, 7) is 6.19. The quantitative estimate of drug-likeness (QED) is 0.587. The van der Waals surface area contributed by atoms with Crippen molar-refractivity contribution in [3.05, 3.63) is 11.6 Å². The van der Waals surface area contributed by atoms with E-state index in [1.54, 1.807) is 6.92 Å². The first-order valence-corrected chi connectivity index (χ1v) is 7.27. The molecule has 1 saturated heterocycles. The summed E-state index contributed by atoms with van der Waals surface area (Å²) in [4.78, 5) is 23.0.